The summed E-state index contributed by atoms with van der Waals surface area (Å²) in [5.74, 6) is -1.15. The Balaban J connectivity index is 1.66. The lowest BCUT2D eigenvalue weighted by molar-refractivity contribution is -0.136. The van der Waals surface area contributed by atoms with Crippen molar-refractivity contribution < 1.29 is 19.1 Å². The number of furan rings is 1. The van der Waals surface area contributed by atoms with Crippen LogP contribution in [0.3, 0.4) is 0 Å². The fourth-order valence-corrected chi connectivity index (χ4v) is 2.98. The van der Waals surface area contributed by atoms with Crippen LogP contribution in [0.2, 0.25) is 0 Å². The summed E-state index contributed by atoms with van der Waals surface area (Å²) in [5.41, 5.74) is 4.35. The molecule has 0 radical (unpaired) electrons. The maximum absolute atomic E-state index is 12.4. The molecule has 1 amide bonds. The average Bonchev–Trinajstić information content (AvgIpc) is 3.10. The lowest BCUT2D eigenvalue weighted by Crippen LogP contribution is -2.27. The quantitative estimate of drug-likeness (QED) is 0.643. The Kier molecular flexibility index (Phi) is 4.61. The van der Waals surface area contributed by atoms with Gasteiger partial charge < -0.3 is 19.8 Å². The number of H-pyrrole nitrogens is 1. The van der Waals surface area contributed by atoms with Crippen LogP contribution >= 0.6 is 0 Å². The molecule has 0 aliphatic rings. The smallest absolute Gasteiger partial charge is 0.311 e. The molecule has 25 heavy (non-hydrogen) atoms. The van der Waals surface area contributed by atoms with Crippen molar-refractivity contribution in [2.75, 3.05) is 6.54 Å². The molecule has 6 nitrogen and oxygen atoms in total. The molecular weight excluding hydrogens is 320 g/mol. The first-order chi connectivity index (χ1) is 12.0. The minimum absolute atomic E-state index is 0.185. The summed E-state index contributed by atoms with van der Waals surface area (Å²) in [6.07, 6.45) is 3.74. The summed E-state index contributed by atoms with van der Waals surface area (Å²) in [7, 11) is 0. The number of nitrogens with one attached hydrogen (secondary N) is 2. The number of carboxylic acid groups (broad SMARTS) is 1. The van der Waals surface area contributed by atoms with Crippen molar-refractivity contribution in [3.63, 3.8) is 0 Å². The summed E-state index contributed by atoms with van der Waals surface area (Å²) in [6, 6.07) is 6.22. The van der Waals surface area contributed by atoms with Gasteiger partial charge in [-0.2, -0.15) is 0 Å². The lowest BCUT2D eigenvalue weighted by Gasteiger charge is -2.06. The Morgan fingerprint density at radius 3 is 2.84 bits per heavy atom. The number of benzene rings is 1. The Hall–Kier alpha value is -3.02. The molecule has 3 rings (SSSR count). The number of carbonyl (C=O) groups is 2. The van der Waals surface area contributed by atoms with Gasteiger partial charge in [-0.15, -0.1) is 0 Å². The van der Waals surface area contributed by atoms with E-state index in [0.29, 0.717) is 24.1 Å². The second-order valence-electron chi connectivity index (χ2n) is 6.16. The van der Waals surface area contributed by atoms with Crippen molar-refractivity contribution in [1.29, 1.82) is 0 Å². The van der Waals surface area contributed by atoms with Crippen LogP contribution in [-0.4, -0.2) is 28.5 Å². The highest BCUT2D eigenvalue weighted by Crippen LogP contribution is 2.20. The van der Waals surface area contributed by atoms with Crippen LogP contribution < -0.4 is 5.32 Å². The fourth-order valence-electron chi connectivity index (χ4n) is 2.98. The highest BCUT2D eigenvalue weighted by molar-refractivity contribution is 5.97. The molecule has 1 aromatic carbocycles. The van der Waals surface area contributed by atoms with E-state index in [-0.39, 0.29) is 18.1 Å². The summed E-state index contributed by atoms with van der Waals surface area (Å²) in [4.78, 5) is 26.5. The van der Waals surface area contributed by atoms with E-state index in [1.165, 1.54) is 11.8 Å². The average molecular weight is 340 g/mol. The number of carboxylic acids is 1. The highest BCUT2D eigenvalue weighted by Gasteiger charge is 2.20. The number of carbonyl (C=O) groups excluding carboxylic acids is 1. The zero-order valence-electron chi connectivity index (χ0n) is 14.2. The SMILES string of the molecule is Cc1ccc2c(CCNC(=O)c3c(C)coc3CC(=O)O)c[nH]c2c1. The molecule has 0 fully saturated rings. The van der Waals surface area contributed by atoms with Crippen molar-refractivity contribution >= 4 is 22.8 Å². The van der Waals surface area contributed by atoms with Crippen molar-refractivity contribution in [3.8, 4) is 0 Å². The van der Waals surface area contributed by atoms with Crippen LogP contribution in [0.5, 0.6) is 0 Å². The number of aryl methyl sites for hydroxylation is 2. The molecule has 0 unspecified atom stereocenters. The topological polar surface area (TPSA) is 95.3 Å². The zero-order chi connectivity index (χ0) is 18.0. The third kappa shape index (κ3) is 3.57. The third-order valence-electron chi connectivity index (χ3n) is 4.19. The van der Waals surface area contributed by atoms with Crippen LogP contribution in [0, 0.1) is 13.8 Å². The number of amides is 1. The Morgan fingerprint density at radius 2 is 2.08 bits per heavy atom. The van der Waals surface area contributed by atoms with Gasteiger partial charge in [0.1, 0.15) is 12.2 Å². The first kappa shape index (κ1) is 16.8. The minimum Gasteiger partial charge on any atom is -0.481 e. The predicted octanol–water partition coefficient (Wildman–Crippen LogP) is 2.98. The van der Waals surface area contributed by atoms with Gasteiger partial charge in [-0.25, -0.2) is 0 Å². The molecule has 2 aromatic heterocycles. The van der Waals surface area contributed by atoms with Gasteiger partial charge in [0.15, 0.2) is 0 Å². The van der Waals surface area contributed by atoms with Crippen LogP contribution in [0.25, 0.3) is 10.9 Å². The molecule has 6 heteroatoms. The first-order valence-electron chi connectivity index (χ1n) is 8.09. The van der Waals surface area contributed by atoms with Gasteiger partial charge in [-0.3, -0.25) is 9.59 Å². The molecule has 130 valence electrons. The van der Waals surface area contributed by atoms with Crippen molar-refractivity contribution in [1.82, 2.24) is 10.3 Å². The molecule has 0 aliphatic carbocycles. The predicted molar refractivity (Wildman–Crippen MR) is 93.9 cm³/mol. The molecule has 0 aliphatic heterocycles. The third-order valence-corrected chi connectivity index (χ3v) is 4.19. The number of hydrogen-bond acceptors (Lipinski definition) is 3. The maximum atomic E-state index is 12.4. The van der Waals surface area contributed by atoms with E-state index < -0.39 is 5.97 Å². The van der Waals surface area contributed by atoms with Gasteiger partial charge in [0.05, 0.1) is 11.8 Å². The summed E-state index contributed by atoms with van der Waals surface area (Å²) < 4.78 is 5.20. The molecule has 2 heterocycles. The number of fused-ring (bicyclic) bond motifs is 1. The van der Waals surface area contributed by atoms with Gasteiger partial charge in [-0.05, 0) is 37.5 Å². The molecule has 0 bridgehead atoms. The summed E-state index contributed by atoms with van der Waals surface area (Å²) in [5, 5.41) is 12.9. The summed E-state index contributed by atoms with van der Waals surface area (Å²) >= 11 is 0. The Morgan fingerprint density at radius 1 is 1.28 bits per heavy atom. The molecule has 0 atom stereocenters. The van der Waals surface area contributed by atoms with Crippen molar-refractivity contribution in [2.24, 2.45) is 0 Å². The molecule has 0 saturated heterocycles. The van der Waals surface area contributed by atoms with Gasteiger partial charge in [-0.1, -0.05) is 12.1 Å². The van der Waals surface area contributed by atoms with Gasteiger partial charge in [0.25, 0.3) is 5.91 Å². The molecule has 0 saturated carbocycles. The van der Waals surface area contributed by atoms with E-state index in [0.717, 1.165) is 16.5 Å². The zero-order valence-corrected chi connectivity index (χ0v) is 14.2. The molecule has 3 N–H and O–H groups in total. The van der Waals surface area contributed by atoms with Crippen LogP contribution in [0.15, 0.2) is 35.1 Å². The first-order valence-corrected chi connectivity index (χ1v) is 8.09. The Labute approximate surface area is 144 Å². The highest BCUT2D eigenvalue weighted by atomic mass is 16.4. The fraction of sp³-hybridized carbons (Fsp3) is 0.263. The second kappa shape index (κ2) is 6.84. The van der Waals surface area contributed by atoms with E-state index in [4.69, 9.17) is 9.52 Å². The lowest BCUT2D eigenvalue weighted by atomic mass is 10.1. The minimum atomic E-state index is -1.03. The van der Waals surface area contributed by atoms with Gasteiger partial charge in [0, 0.05) is 29.2 Å². The maximum Gasteiger partial charge on any atom is 0.311 e. The largest absolute Gasteiger partial charge is 0.481 e. The molecular formula is C19H20N2O4. The number of hydrogen-bond donors (Lipinski definition) is 3. The number of aromatic amines is 1. The van der Waals surface area contributed by atoms with Gasteiger partial charge in [0.2, 0.25) is 0 Å². The second-order valence-corrected chi connectivity index (χ2v) is 6.16. The molecule has 3 aromatic rings. The van der Waals surface area contributed by atoms with Crippen LogP contribution in [-0.2, 0) is 17.6 Å². The Bertz CT molecular complexity index is 936. The van der Waals surface area contributed by atoms with E-state index in [1.54, 1.807) is 6.92 Å². The van der Waals surface area contributed by atoms with E-state index in [2.05, 4.69) is 28.5 Å². The van der Waals surface area contributed by atoms with E-state index in [1.807, 2.05) is 13.1 Å². The van der Waals surface area contributed by atoms with Crippen molar-refractivity contribution in [3.05, 3.63) is 58.7 Å². The molecule has 0 spiro atoms. The monoisotopic (exact) mass is 340 g/mol. The standard InChI is InChI=1S/C19H20N2O4/c1-11-3-4-14-13(9-21-15(14)7-11)5-6-20-19(24)18-12(2)10-25-16(18)8-17(22)23/h3-4,7,9-10,21H,5-6,8H2,1-2H3,(H,20,24)(H,22,23). The summed E-state index contributed by atoms with van der Waals surface area (Å²) in [6.45, 7) is 4.23. The normalized spacial score (nSPS) is 11.0. The van der Waals surface area contributed by atoms with E-state index >= 15 is 0 Å². The number of aromatic nitrogens is 1. The van der Waals surface area contributed by atoms with E-state index in [9.17, 15) is 9.59 Å². The van der Waals surface area contributed by atoms with Crippen molar-refractivity contribution in [2.45, 2.75) is 26.7 Å². The van der Waals surface area contributed by atoms with Gasteiger partial charge >= 0.3 is 5.97 Å². The number of rotatable bonds is 6. The van der Waals surface area contributed by atoms with Crippen LogP contribution in [0.4, 0.5) is 0 Å². The van der Waals surface area contributed by atoms with Crippen LogP contribution in [0.1, 0.15) is 32.8 Å². The number of aliphatic carboxylic acids is 1.